The molecule has 1 aromatic heterocycles. The molecule has 1 aromatic carbocycles. The molecular weight excluding hydrogens is 284 g/mol. The summed E-state index contributed by atoms with van der Waals surface area (Å²) in [5.74, 6) is 0.943. The first-order valence-corrected chi connectivity index (χ1v) is 6.74. The maximum atomic E-state index is 10.6. The number of hydrogen-bond acceptors (Lipinski definition) is 4. The van der Waals surface area contributed by atoms with Gasteiger partial charge >= 0.3 is 6.09 Å². The molecule has 0 aliphatic rings. The Morgan fingerprint density at radius 3 is 2.23 bits per heavy atom. The molecule has 0 atom stereocenters. The summed E-state index contributed by atoms with van der Waals surface area (Å²) in [6.45, 7) is 6.39. The molecule has 2 N–H and O–H groups in total. The molecular formula is C16H18N2O4. The van der Waals surface area contributed by atoms with Gasteiger partial charge in [0.2, 0.25) is 5.88 Å². The van der Waals surface area contributed by atoms with Crippen LogP contribution in [0.5, 0.6) is 11.6 Å². The summed E-state index contributed by atoms with van der Waals surface area (Å²) in [5, 5.41) is 18.0. The van der Waals surface area contributed by atoms with Gasteiger partial charge in [0, 0.05) is 6.07 Å². The predicted molar refractivity (Wildman–Crippen MR) is 81.7 cm³/mol. The van der Waals surface area contributed by atoms with Crippen LogP contribution in [-0.4, -0.2) is 21.4 Å². The van der Waals surface area contributed by atoms with Crippen molar-refractivity contribution in [1.29, 1.82) is 0 Å². The van der Waals surface area contributed by atoms with Gasteiger partial charge in [-0.1, -0.05) is 32.9 Å². The van der Waals surface area contributed by atoms with Crippen molar-refractivity contribution in [3.63, 3.8) is 0 Å². The molecule has 22 heavy (non-hydrogen) atoms. The summed E-state index contributed by atoms with van der Waals surface area (Å²) in [4.78, 5) is 14.6. The molecule has 0 radical (unpaired) electrons. The Labute approximate surface area is 128 Å². The third kappa shape index (κ3) is 3.73. The van der Waals surface area contributed by atoms with E-state index in [9.17, 15) is 10.0 Å². The number of carboxylic acid groups (broad SMARTS) is 1. The monoisotopic (exact) mass is 302 g/mol. The largest absolute Gasteiger partial charge is 0.463 e. The van der Waals surface area contributed by atoms with Gasteiger partial charge in [-0.2, -0.15) is 5.06 Å². The van der Waals surface area contributed by atoms with Gasteiger partial charge in [-0.15, -0.1) is 0 Å². The molecule has 1 heterocycles. The van der Waals surface area contributed by atoms with Crippen LogP contribution in [0.25, 0.3) is 0 Å². The standard InChI is InChI=1S/C16H18N2O4/c1-16(2,3)11-4-7-13(8-5-11)22-14-9-6-12(10-17-14)18(21)15(19)20/h4-10,21H,1-3H3,(H,19,20). The number of carbonyl (C=O) groups is 1. The van der Waals surface area contributed by atoms with Crippen molar-refractivity contribution >= 4 is 11.8 Å². The first-order chi connectivity index (χ1) is 10.3. The fraction of sp³-hybridized carbons (Fsp3) is 0.250. The van der Waals surface area contributed by atoms with E-state index in [0.717, 1.165) is 0 Å². The van der Waals surface area contributed by atoms with Crippen LogP contribution in [0.2, 0.25) is 0 Å². The van der Waals surface area contributed by atoms with Gasteiger partial charge in [0.1, 0.15) is 5.75 Å². The van der Waals surface area contributed by atoms with Gasteiger partial charge in [0.15, 0.2) is 0 Å². The lowest BCUT2D eigenvalue weighted by atomic mass is 9.87. The van der Waals surface area contributed by atoms with E-state index in [0.29, 0.717) is 11.6 Å². The van der Waals surface area contributed by atoms with E-state index >= 15 is 0 Å². The van der Waals surface area contributed by atoms with Crippen LogP contribution in [0, 0.1) is 0 Å². The van der Waals surface area contributed by atoms with Crippen molar-refractivity contribution in [3.05, 3.63) is 48.2 Å². The number of rotatable bonds is 3. The second-order valence-electron chi connectivity index (χ2n) is 5.83. The summed E-state index contributed by atoms with van der Waals surface area (Å²) >= 11 is 0. The highest BCUT2D eigenvalue weighted by Gasteiger charge is 2.14. The van der Waals surface area contributed by atoms with Crippen molar-refractivity contribution in [2.24, 2.45) is 0 Å². The first-order valence-electron chi connectivity index (χ1n) is 6.74. The van der Waals surface area contributed by atoms with E-state index in [1.54, 1.807) is 0 Å². The van der Waals surface area contributed by atoms with Gasteiger partial charge in [-0.3, -0.25) is 5.21 Å². The zero-order valence-electron chi connectivity index (χ0n) is 12.6. The minimum absolute atomic E-state index is 0.0444. The zero-order valence-corrected chi connectivity index (χ0v) is 12.6. The number of pyridine rings is 1. The molecule has 0 aliphatic heterocycles. The third-order valence-electron chi connectivity index (χ3n) is 3.09. The Morgan fingerprint density at radius 2 is 1.77 bits per heavy atom. The molecule has 0 aliphatic carbocycles. The normalized spacial score (nSPS) is 11.1. The van der Waals surface area contributed by atoms with Crippen LogP contribution in [-0.2, 0) is 5.41 Å². The number of hydrogen-bond donors (Lipinski definition) is 2. The zero-order chi connectivity index (χ0) is 16.3. The number of anilines is 1. The van der Waals surface area contributed by atoms with E-state index in [4.69, 9.17) is 9.84 Å². The highest BCUT2D eigenvalue weighted by molar-refractivity contribution is 5.82. The fourth-order valence-electron chi connectivity index (χ4n) is 1.81. The lowest BCUT2D eigenvalue weighted by Crippen LogP contribution is -2.24. The minimum Gasteiger partial charge on any atom is -0.463 e. The van der Waals surface area contributed by atoms with E-state index < -0.39 is 6.09 Å². The molecule has 2 aromatic rings. The van der Waals surface area contributed by atoms with Crippen molar-refractivity contribution in [3.8, 4) is 11.6 Å². The molecule has 1 amide bonds. The highest BCUT2D eigenvalue weighted by atomic mass is 16.6. The van der Waals surface area contributed by atoms with Gasteiger partial charge in [-0.05, 0) is 29.2 Å². The van der Waals surface area contributed by atoms with Gasteiger partial charge < -0.3 is 9.84 Å². The number of hydroxylamine groups is 1. The predicted octanol–water partition coefficient (Wildman–Crippen LogP) is 4.05. The number of aromatic nitrogens is 1. The molecule has 0 saturated heterocycles. The smallest absolute Gasteiger partial charge is 0.436 e. The molecule has 116 valence electrons. The molecule has 0 spiro atoms. The third-order valence-corrected chi connectivity index (χ3v) is 3.09. The van der Waals surface area contributed by atoms with Crippen LogP contribution in [0.15, 0.2) is 42.6 Å². The Bertz CT molecular complexity index is 645. The van der Waals surface area contributed by atoms with Crippen LogP contribution in [0.3, 0.4) is 0 Å². The van der Waals surface area contributed by atoms with Crippen molar-refractivity contribution in [2.45, 2.75) is 26.2 Å². The van der Waals surface area contributed by atoms with E-state index in [1.807, 2.05) is 24.3 Å². The second kappa shape index (κ2) is 6.03. The van der Waals surface area contributed by atoms with Gasteiger partial charge in [-0.25, -0.2) is 9.78 Å². The van der Waals surface area contributed by atoms with Crippen molar-refractivity contribution < 1.29 is 19.8 Å². The Balaban J connectivity index is 2.09. The van der Waals surface area contributed by atoms with Crippen LogP contribution >= 0.6 is 0 Å². The van der Waals surface area contributed by atoms with Crippen LogP contribution in [0.1, 0.15) is 26.3 Å². The minimum atomic E-state index is -1.48. The number of benzene rings is 1. The maximum Gasteiger partial charge on any atom is 0.436 e. The summed E-state index contributed by atoms with van der Waals surface area (Å²) in [6.07, 6.45) is -0.263. The van der Waals surface area contributed by atoms with E-state index in [1.165, 1.54) is 23.9 Å². The summed E-state index contributed by atoms with van der Waals surface area (Å²) in [7, 11) is 0. The molecule has 2 rings (SSSR count). The highest BCUT2D eigenvalue weighted by Crippen LogP contribution is 2.26. The molecule has 0 saturated carbocycles. The molecule has 6 heteroatoms. The van der Waals surface area contributed by atoms with Gasteiger partial charge in [0.05, 0.1) is 11.9 Å². The van der Waals surface area contributed by atoms with Gasteiger partial charge in [0.25, 0.3) is 0 Å². The quantitative estimate of drug-likeness (QED) is 0.660. The van der Waals surface area contributed by atoms with Crippen molar-refractivity contribution in [1.82, 2.24) is 4.98 Å². The average Bonchev–Trinajstić information content (AvgIpc) is 2.47. The molecule has 0 fully saturated rings. The molecule has 6 nitrogen and oxygen atoms in total. The Kier molecular flexibility index (Phi) is 4.32. The summed E-state index contributed by atoms with van der Waals surface area (Å²) in [6, 6.07) is 10.6. The number of nitrogens with zero attached hydrogens (tertiary/aromatic N) is 2. The SMILES string of the molecule is CC(C)(C)c1ccc(Oc2ccc(N(O)C(=O)O)cn2)cc1. The van der Waals surface area contributed by atoms with Crippen LogP contribution in [0.4, 0.5) is 10.5 Å². The van der Waals surface area contributed by atoms with E-state index in [2.05, 4.69) is 25.8 Å². The number of amides is 1. The summed E-state index contributed by atoms with van der Waals surface area (Å²) in [5.41, 5.74) is 1.31. The first kappa shape index (κ1) is 15.8. The van der Waals surface area contributed by atoms with Crippen molar-refractivity contribution in [2.75, 3.05) is 5.06 Å². The second-order valence-corrected chi connectivity index (χ2v) is 5.83. The number of ether oxygens (including phenoxy) is 1. The average molecular weight is 302 g/mol. The van der Waals surface area contributed by atoms with E-state index in [-0.39, 0.29) is 16.2 Å². The summed E-state index contributed by atoms with van der Waals surface area (Å²) < 4.78 is 5.58. The lowest BCUT2D eigenvalue weighted by Gasteiger charge is -2.19. The lowest BCUT2D eigenvalue weighted by molar-refractivity contribution is 0.160. The Hall–Kier alpha value is -2.60. The van der Waals surface area contributed by atoms with Crippen LogP contribution < -0.4 is 9.80 Å². The fourth-order valence-corrected chi connectivity index (χ4v) is 1.81. The molecule has 0 unspecified atom stereocenters. The maximum absolute atomic E-state index is 10.6. The Morgan fingerprint density at radius 1 is 1.14 bits per heavy atom. The topological polar surface area (TPSA) is 82.9 Å². The molecule has 0 bridgehead atoms.